The van der Waals surface area contributed by atoms with Gasteiger partial charge in [0.2, 0.25) is 0 Å². The van der Waals surface area contributed by atoms with Crippen molar-refractivity contribution in [3.8, 4) is 22.5 Å². The minimum absolute atomic E-state index is 0.593. The molecule has 1 aromatic carbocycles. The Labute approximate surface area is 138 Å². The molecule has 0 aliphatic carbocycles. The van der Waals surface area contributed by atoms with Crippen LogP contribution >= 0.6 is 11.3 Å². The fourth-order valence-electron chi connectivity index (χ4n) is 2.83. The Hall–Kier alpha value is -2.50. The maximum atomic E-state index is 5.87. The molecule has 0 aliphatic rings. The van der Waals surface area contributed by atoms with Gasteiger partial charge in [-0.1, -0.05) is 30.3 Å². The normalized spacial score (nSPS) is 11.2. The SMILES string of the molecule is NCCc1c(-c2ccncc2)nc2scc(-c3ccccc3)n12. The summed E-state index contributed by atoms with van der Waals surface area (Å²) < 4.78 is 2.24. The van der Waals surface area contributed by atoms with Gasteiger partial charge in [0.25, 0.3) is 0 Å². The summed E-state index contributed by atoms with van der Waals surface area (Å²) in [7, 11) is 0. The van der Waals surface area contributed by atoms with E-state index in [1.54, 1.807) is 23.7 Å². The molecule has 0 saturated heterocycles. The lowest BCUT2D eigenvalue weighted by atomic mass is 10.1. The summed E-state index contributed by atoms with van der Waals surface area (Å²) in [6, 6.07) is 14.4. The first-order chi connectivity index (χ1) is 11.4. The topological polar surface area (TPSA) is 56.2 Å². The van der Waals surface area contributed by atoms with Crippen LogP contribution in [0.1, 0.15) is 5.69 Å². The van der Waals surface area contributed by atoms with Crippen LogP contribution in [0.3, 0.4) is 0 Å². The Bertz CT molecular complexity index is 926. The van der Waals surface area contributed by atoms with Crippen LogP contribution in [-0.2, 0) is 6.42 Å². The van der Waals surface area contributed by atoms with E-state index in [4.69, 9.17) is 10.7 Å². The van der Waals surface area contributed by atoms with Crippen molar-refractivity contribution in [2.75, 3.05) is 6.54 Å². The summed E-state index contributed by atoms with van der Waals surface area (Å²) >= 11 is 1.66. The average Bonchev–Trinajstić information content (AvgIpc) is 3.17. The Morgan fingerprint density at radius 2 is 1.78 bits per heavy atom. The molecule has 0 unspecified atom stereocenters. The van der Waals surface area contributed by atoms with Gasteiger partial charge in [-0.3, -0.25) is 9.38 Å². The van der Waals surface area contributed by atoms with Crippen LogP contribution in [0, 0.1) is 0 Å². The molecule has 4 rings (SSSR count). The highest BCUT2D eigenvalue weighted by Gasteiger charge is 2.18. The van der Waals surface area contributed by atoms with Crippen LogP contribution in [0.15, 0.2) is 60.2 Å². The number of hydrogen-bond donors (Lipinski definition) is 1. The standard InChI is InChI=1S/C18H16N4S/c19-9-6-15-17(14-7-10-20-11-8-14)21-18-22(15)16(12-23-18)13-4-2-1-3-5-13/h1-5,7-8,10-12H,6,9,19H2. The second kappa shape index (κ2) is 5.95. The fourth-order valence-corrected chi connectivity index (χ4v) is 3.75. The summed E-state index contributed by atoms with van der Waals surface area (Å²) in [5.41, 5.74) is 11.5. The zero-order valence-corrected chi connectivity index (χ0v) is 13.3. The molecule has 2 N–H and O–H groups in total. The number of nitrogens with zero attached hydrogens (tertiary/aromatic N) is 3. The monoisotopic (exact) mass is 320 g/mol. The van der Waals surface area contributed by atoms with Gasteiger partial charge >= 0.3 is 0 Å². The summed E-state index contributed by atoms with van der Waals surface area (Å²) in [6.07, 6.45) is 4.38. The zero-order chi connectivity index (χ0) is 15.6. The van der Waals surface area contributed by atoms with Crippen LogP contribution in [0.4, 0.5) is 0 Å². The van der Waals surface area contributed by atoms with Crippen molar-refractivity contribution in [3.63, 3.8) is 0 Å². The van der Waals surface area contributed by atoms with Gasteiger partial charge in [-0.15, -0.1) is 11.3 Å². The molecular formula is C18H16N4S. The first kappa shape index (κ1) is 14.1. The molecule has 0 aliphatic heterocycles. The number of hydrogen-bond acceptors (Lipinski definition) is 4. The molecule has 4 nitrogen and oxygen atoms in total. The van der Waals surface area contributed by atoms with Gasteiger partial charge in [0, 0.05) is 29.8 Å². The largest absolute Gasteiger partial charge is 0.330 e. The lowest BCUT2D eigenvalue weighted by Gasteiger charge is -2.06. The summed E-state index contributed by atoms with van der Waals surface area (Å²) in [5.74, 6) is 0. The third-order valence-corrected chi connectivity index (χ3v) is 4.69. The van der Waals surface area contributed by atoms with E-state index in [1.807, 2.05) is 18.2 Å². The van der Waals surface area contributed by atoms with Crippen LogP contribution < -0.4 is 5.73 Å². The number of thiazole rings is 1. The van der Waals surface area contributed by atoms with Crippen molar-refractivity contribution >= 4 is 16.3 Å². The molecule has 0 radical (unpaired) electrons. The van der Waals surface area contributed by atoms with E-state index in [0.29, 0.717) is 6.54 Å². The Morgan fingerprint density at radius 1 is 1.00 bits per heavy atom. The molecule has 0 fully saturated rings. The maximum Gasteiger partial charge on any atom is 0.194 e. The summed E-state index contributed by atoms with van der Waals surface area (Å²) in [5, 5.41) is 2.16. The molecule has 0 saturated carbocycles. The quantitative estimate of drug-likeness (QED) is 0.625. The minimum Gasteiger partial charge on any atom is -0.330 e. The second-order valence-electron chi connectivity index (χ2n) is 5.29. The van der Waals surface area contributed by atoms with Gasteiger partial charge in [-0.2, -0.15) is 0 Å². The molecule has 0 spiro atoms. The van der Waals surface area contributed by atoms with Gasteiger partial charge in [-0.25, -0.2) is 4.98 Å². The number of imidazole rings is 1. The molecular weight excluding hydrogens is 304 g/mol. The second-order valence-corrected chi connectivity index (χ2v) is 6.12. The third-order valence-electron chi connectivity index (χ3n) is 3.86. The number of rotatable bonds is 4. The molecule has 0 amide bonds. The smallest absolute Gasteiger partial charge is 0.194 e. The van der Waals surface area contributed by atoms with E-state index in [-0.39, 0.29) is 0 Å². The Balaban J connectivity index is 1.97. The van der Waals surface area contributed by atoms with Gasteiger partial charge in [0.05, 0.1) is 17.1 Å². The Kier molecular flexibility index (Phi) is 3.65. The van der Waals surface area contributed by atoms with Crippen molar-refractivity contribution in [1.82, 2.24) is 14.4 Å². The Morgan fingerprint density at radius 3 is 2.52 bits per heavy atom. The van der Waals surface area contributed by atoms with Crippen molar-refractivity contribution in [2.45, 2.75) is 6.42 Å². The van der Waals surface area contributed by atoms with Crippen molar-refractivity contribution in [3.05, 3.63) is 65.9 Å². The maximum absolute atomic E-state index is 5.87. The number of nitrogens with two attached hydrogens (primary N) is 1. The lowest BCUT2D eigenvalue weighted by molar-refractivity contribution is 0.913. The highest BCUT2D eigenvalue weighted by Crippen LogP contribution is 2.32. The predicted molar refractivity (Wildman–Crippen MR) is 94.5 cm³/mol. The number of pyridine rings is 1. The van der Waals surface area contributed by atoms with Crippen LogP contribution in [0.25, 0.3) is 27.5 Å². The molecule has 4 aromatic rings. The van der Waals surface area contributed by atoms with Gasteiger partial charge in [-0.05, 0) is 24.2 Å². The van der Waals surface area contributed by atoms with E-state index in [0.717, 1.165) is 28.3 Å². The number of aromatic nitrogens is 3. The molecule has 114 valence electrons. The van der Waals surface area contributed by atoms with Crippen LogP contribution in [0.5, 0.6) is 0 Å². The van der Waals surface area contributed by atoms with E-state index < -0.39 is 0 Å². The zero-order valence-electron chi connectivity index (χ0n) is 12.5. The molecule has 3 aromatic heterocycles. The molecule has 0 bridgehead atoms. The van der Waals surface area contributed by atoms with Crippen LogP contribution in [-0.4, -0.2) is 20.9 Å². The highest BCUT2D eigenvalue weighted by molar-refractivity contribution is 7.15. The van der Waals surface area contributed by atoms with Crippen molar-refractivity contribution in [2.24, 2.45) is 5.73 Å². The van der Waals surface area contributed by atoms with Gasteiger partial charge in [0.1, 0.15) is 0 Å². The van der Waals surface area contributed by atoms with E-state index in [9.17, 15) is 0 Å². The first-order valence-corrected chi connectivity index (χ1v) is 8.41. The highest BCUT2D eigenvalue weighted by atomic mass is 32.1. The summed E-state index contributed by atoms with van der Waals surface area (Å²) in [6.45, 7) is 0.593. The van der Waals surface area contributed by atoms with Gasteiger partial charge < -0.3 is 5.73 Å². The average molecular weight is 320 g/mol. The van der Waals surface area contributed by atoms with Crippen LogP contribution in [0.2, 0.25) is 0 Å². The number of benzene rings is 1. The third kappa shape index (κ3) is 2.44. The predicted octanol–water partition coefficient (Wildman–Crippen LogP) is 3.63. The number of fused-ring (bicyclic) bond motifs is 1. The minimum atomic E-state index is 0.593. The molecule has 23 heavy (non-hydrogen) atoms. The molecule has 5 heteroatoms. The van der Waals surface area contributed by atoms with Crippen molar-refractivity contribution in [1.29, 1.82) is 0 Å². The van der Waals surface area contributed by atoms with E-state index in [2.05, 4.69) is 39.0 Å². The fraction of sp³-hybridized carbons (Fsp3) is 0.111. The van der Waals surface area contributed by atoms with Gasteiger partial charge in [0.15, 0.2) is 4.96 Å². The summed E-state index contributed by atoms with van der Waals surface area (Å²) in [4.78, 5) is 9.94. The first-order valence-electron chi connectivity index (χ1n) is 7.53. The van der Waals surface area contributed by atoms with E-state index >= 15 is 0 Å². The van der Waals surface area contributed by atoms with Crippen molar-refractivity contribution < 1.29 is 0 Å². The molecule has 3 heterocycles. The van der Waals surface area contributed by atoms with E-state index in [1.165, 1.54) is 11.3 Å². The lowest BCUT2D eigenvalue weighted by Crippen LogP contribution is -2.06. The molecule has 0 atom stereocenters.